The SMILES string of the molecule is Cc1ccc2nc(-c3c(C)cccc3C)[nH]c2c1. The van der Waals surface area contributed by atoms with Crippen LogP contribution in [0.25, 0.3) is 22.4 Å². The molecule has 2 aromatic carbocycles. The third kappa shape index (κ3) is 1.70. The molecule has 0 aliphatic carbocycles. The zero-order valence-electron chi connectivity index (χ0n) is 10.9. The van der Waals surface area contributed by atoms with E-state index in [2.05, 4.69) is 62.2 Å². The van der Waals surface area contributed by atoms with Crippen LogP contribution in [0.3, 0.4) is 0 Å². The van der Waals surface area contributed by atoms with Crippen LogP contribution < -0.4 is 0 Å². The van der Waals surface area contributed by atoms with Crippen LogP contribution in [-0.2, 0) is 0 Å². The van der Waals surface area contributed by atoms with Crippen LogP contribution in [0.4, 0.5) is 0 Å². The molecule has 0 fully saturated rings. The number of nitrogens with one attached hydrogen (secondary N) is 1. The number of aromatic nitrogens is 2. The van der Waals surface area contributed by atoms with Gasteiger partial charge in [0.1, 0.15) is 5.82 Å². The van der Waals surface area contributed by atoms with Crippen LogP contribution in [0.2, 0.25) is 0 Å². The second-order valence-corrected chi connectivity index (χ2v) is 4.87. The smallest absolute Gasteiger partial charge is 0.139 e. The maximum absolute atomic E-state index is 4.69. The highest BCUT2D eigenvalue weighted by molar-refractivity contribution is 5.81. The molecule has 0 spiro atoms. The van der Waals surface area contributed by atoms with Crippen molar-refractivity contribution in [2.45, 2.75) is 20.8 Å². The van der Waals surface area contributed by atoms with Gasteiger partial charge >= 0.3 is 0 Å². The maximum atomic E-state index is 4.69. The molecule has 2 heteroatoms. The number of H-pyrrole nitrogens is 1. The van der Waals surface area contributed by atoms with E-state index >= 15 is 0 Å². The number of rotatable bonds is 1. The summed E-state index contributed by atoms with van der Waals surface area (Å²) in [5.41, 5.74) is 7.10. The lowest BCUT2D eigenvalue weighted by atomic mass is 10.0. The Labute approximate surface area is 107 Å². The van der Waals surface area contributed by atoms with E-state index < -0.39 is 0 Å². The number of hydrogen-bond acceptors (Lipinski definition) is 1. The Kier molecular flexibility index (Phi) is 2.44. The predicted octanol–water partition coefficient (Wildman–Crippen LogP) is 4.16. The Bertz CT molecular complexity index is 703. The van der Waals surface area contributed by atoms with Crippen LogP contribution in [0.5, 0.6) is 0 Å². The van der Waals surface area contributed by atoms with Crippen molar-refractivity contribution in [3.8, 4) is 11.4 Å². The number of nitrogens with zero attached hydrogens (tertiary/aromatic N) is 1. The molecule has 18 heavy (non-hydrogen) atoms. The molecular weight excluding hydrogens is 220 g/mol. The van der Waals surface area contributed by atoms with Gasteiger partial charge in [-0.05, 0) is 49.6 Å². The Hall–Kier alpha value is -2.09. The zero-order chi connectivity index (χ0) is 12.7. The summed E-state index contributed by atoms with van der Waals surface area (Å²) in [6, 6.07) is 12.6. The molecule has 3 aromatic rings. The minimum Gasteiger partial charge on any atom is -0.338 e. The monoisotopic (exact) mass is 236 g/mol. The quantitative estimate of drug-likeness (QED) is 0.675. The highest BCUT2D eigenvalue weighted by atomic mass is 14.9. The van der Waals surface area contributed by atoms with E-state index in [9.17, 15) is 0 Å². The number of benzene rings is 2. The average molecular weight is 236 g/mol. The third-order valence-corrected chi connectivity index (χ3v) is 3.36. The first-order chi connectivity index (χ1) is 8.65. The second kappa shape index (κ2) is 3.98. The number of hydrogen-bond donors (Lipinski definition) is 1. The molecule has 0 radical (unpaired) electrons. The summed E-state index contributed by atoms with van der Waals surface area (Å²) in [5, 5.41) is 0. The van der Waals surface area contributed by atoms with Gasteiger partial charge in [-0.2, -0.15) is 0 Å². The molecule has 0 atom stereocenters. The lowest BCUT2D eigenvalue weighted by Crippen LogP contribution is -1.89. The number of imidazole rings is 1. The first kappa shape index (κ1) is 11.0. The summed E-state index contributed by atoms with van der Waals surface area (Å²) >= 11 is 0. The normalized spacial score (nSPS) is 11.1. The molecule has 0 unspecified atom stereocenters. The Balaban J connectivity index is 2.26. The highest BCUT2D eigenvalue weighted by Gasteiger charge is 2.10. The van der Waals surface area contributed by atoms with Crippen molar-refractivity contribution in [2.24, 2.45) is 0 Å². The van der Waals surface area contributed by atoms with Crippen LogP contribution in [0, 0.1) is 20.8 Å². The van der Waals surface area contributed by atoms with E-state index in [1.54, 1.807) is 0 Å². The summed E-state index contributed by atoms with van der Waals surface area (Å²) in [7, 11) is 0. The van der Waals surface area contributed by atoms with Gasteiger partial charge in [0.25, 0.3) is 0 Å². The number of aromatic amines is 1. The van der Waals surface area contributed by atoms with Crippen molar-refractivity contribution in [1.29, 1.82) is 0 Å². The summed E-state index contributed by atoms with van der Waals surface area (Å²) in [6.45, 7) is 6.35. The van der Waals surface area contributed by atoms with Gasteiger partial charge in [-0.25, -0.2) is 4.98 Å². The van der Waals surface area contributed by atoms with Gasteiger partial charge in [0.2, 0.25) is 0 Å². The van der Waals surface area contributed by atoms with Gasteiger partial charge in [-0.1, -0.05) is 24.3 Å². The fourth-order valence-corrected chi connectivity index (χ4v) is 2.43. The van der Waals surface area contributed by atoms with Gasteiger partial charge in [-0.3, -0.25) is 0 Å². The van der Waals surface area contributed by atoms with Crippen LogP contribution in [0.15, 0.2) is 36.4 Å². The molecule has 0 bridgehead atoms. The van der Waals surface area contributed by atoms with Crippen molar-refractivity contribution in [3.05, 3.63) is 53.1 Å². The average Bonchev–Trinajstić information content (AvgIpc) is 2.71. The lowest BCUT2D eigenvalue weighted by molar-refractivity contribution is 1.27. The molecule has 3 rings (SSSR count). The summed E-state index contributed by atoms with van der Waals surface area (Å²) < 4.78 is 0. The lowest BCUT2D eigenvalue weighted by Gasteiger charge is -2.05. The first-order valence-corrected chi connectivity index (χ1v) is 6.18. The molecule has 90 valence electrons. The molecule has 0 aliphatic heterocycles. The Morgan fingerprint density at radius 2 is 1.67 bits per heavy atom. The Morgan fingerprint density at radius 1 is 0.944 bits per heavy atom. The largest absolute Gasteiger partial charge is 0.338 e. The van der Waals surface area contributed by atoms with E-state index in [0.29, 0.717) is 0 Å². The zero-order valence-corrected chi connectivity index (χ0v) is 10.9. The van der Waals surface area contributed by atoms with Gasteiger partial charge in [-0.15, -0.1) is 0 Å². The third-order valence-electron chi connectivity index (χ3n) is 3.36. The van der Waals surface area contributed by atoms with Crippen LogP contribution in [-0.4, -0.2) is 9.97 Å². The van der Waals surface area contributed by atoms with Crippen molar-refractivity contribution < 1.29 is 0 Å². The van der Waals surface area contributed by atoms with Gasteiger partial charge < -0.3 is 4.98 Å². The van der Waals surface area contributed by atoms with Crippen molar-refractivity contribution in [3.63, 3.8) is 0 Å². The van der Waals surface area contributed by atoms with Crippen molar-refractivity contribution in [1.82, 2.24) is 9.97 Å². The number of fused-ring (bicyclic) bond motifs is 1. The van der Waals surface area contributed by atoms with Gasteiger partial charge in [0, 0.05) is 5.56 Å². The number of aryl methyl sites for hydroxylation is 3. The van der Waals surface area contributed by atoms with Gasteiger partial charge in [0.15, 0.2) is 0 Å². The molecule has 1 heterocycles. The van der Waals surface area contributed by atoms with E-state index in [0.717, 1.165) is 16.9 Å². The minimum atomic E-state index is 0.964. The second-order valence-electron chi connectivity index (χ2n) is 4.87. The molecule has 0 aliphatic rings. The molecule has 1 N–H and O–H groups in total. The fraction of sp³-hybridized carbons (Fsp3) is 0.188. The highest BCUT2D eigenvalue weighted by Crippen LogP contribution is 2.26. The van der Waals surface area contributed by atoms with E-state index in [1.807, 2.05) is 0 Å². The molecule has 0 amide bonds. The standard InChI is InChI=1S/C16H16N2/c1-10-7-8-13-14(9-10)18-16(17-13)15-11(2)5-4-6-12(15)3/h4-9H,1-3H3,(H,17,18). The van der Waals surface area contributed by atoms with Crippen LogP contribution in [0.1, 0.15) is 16.7 Å². The Morgan fingerprint density at radius 3 is 2.39 bits per heavy atom. The molecule has 0 saturated carbocycles. The maximum Gasteiger partial charge on any atom is 0.139 e. The van der Waals surface area contributed by atoms with Crippen molar-refractivity contribution in [2.75, 3.05) is 0 Å². The summed E-state index contributed by atoms with van der Waals surface area (Å²) in [4.78, 5) is 8.11. The van der Waals surface area contributed by atoms with Gasteiger partial charge in [0.05, 0.1) is 11.0 Å². The summed E-state index contributed by atoms with van der Waals surface area (Å²) in [5.74, 6) is 0.964. The molecule has 2 nitrogen and oxygen atoms in total. The molecular formula is C16H16N2. The molecule has 1 aromatic heterocycles. The van der Waals surface area contributed by atoms with Crippen molar-refractivity contribution >= 4 is 11.0 Å². The van der Waals surface area contributed by atoms with Crippen LogP contribution >= 0.6 is 0 Å². The fourth-order valence-electron chi connectivity index (χ4n) is 2.43. The minimum absolute atomic E-state index is 0.964. The van der Waals surface area contributed by atoms with E-state index in [4.69, 9.17) is 4.98 Å². The van der Waals surface area contributed by atoms with E-state index in [-0.39, 0.29) is 0 Å². The first-order valence-electron chi connectivity index (χ1n) is 6.18. The molecule has 0 saturated heterocycles. The summed E-state index contributed by atoms with van der Waals surface area (Å²) in [6.07, 6.45) is 0. The predicted molar refractivity (Wildman–Crippen MR) is 75.7 cm³/mol. The topological polar surface area (TPSA) is 28.7 Å². The van der Waals surface area contributed by atoms with E-state index in [1.165, 1.54) is 22.3 Å².